The molecular formula is C15H29NO2. The summed E-state index contributed by atoms with van der Waals surface area (Å²) in [6, 6.07) is 0.318. The molecule has 0 unspecified atom stereocenters. The average Bonchev–Trinajstić information content (AvgIpc) is 2.37. The van der Waals surface area contributed by atoms with E-state index in [1.807, 2.05) is 6.92 Å². The summed E-state index contributed by atoms with van der Waals surface area (Å²) in [6.07, 6.45) is 6.50. The summed E-state index contributed by atoms with van der Waals surface area (Å²) >= 11 is 0. The third kappa shape index (κ3) is 4.51. The van der Waals surface area contributed by atoms with Crippen LogP contribution in [0.4, 0.5) is 4.79 Å². The zero-order chi connectivity index (χ0) is 13.6. The number of carbonyl (C=O) groups excluding carboxylic acids is 1. The summed E-state index contributed by atoms with van der Waals surface area (Å²) in [5, 5.41) is 2.98. The van der Waals surface area contributed by atoms with Crippen molar-refractivity contribution in [2.24, 2.45) is 11.3 Å². The van der Waals surface area contributed by atoms with Crippen molar-refractivity contribution in [3.8, 4) is 0 Å². The second-order valence-electron chi connectivity index (χ2n) is 6.17. The van der Waals surface area contributed by atoms with Crippen LogP contribution in [0.3, 0.4) is 0 Å². The van der Waals surface area contributed by atoms with Gasteiger partial charge in [-0.1, -0.05) is 34.1 Å². The van der Waals surface area contributed by atoms with Crippen molar-refractivity contribution in [1.29, 1.82) is 0 Å². The predicted molar refractivity (Wildman–Crippen MR) is 74.6 cm³/mol. The molecule has 0 aromatic heterocycles. The Labute approximate surface area is 112 Å². The van der Waals surface area contributed by atoms with Gasteiger partial charge in [-0.25, -0.2) is 4.79 Å². The van der Waals surface area contributed by atoms with Crippen molar-refractivity contribution >= 4 is 6.09 Å². The smallest absolute Gasteiger partial charge is 0.407 e. The lowest BCUT2D eigenvalue weighted by molar-refractivity contribution is 0.119. The Balaban J connectivity index is 2.29. The molecule has 0 heterocycles. The second-order valence-corrected chi connectivity index (χ2v) is 6.17. The van der Waals surface area contributed by atoms with Crippen LogP contribution in [-0.4, -0.2) is 18.7 Å². The van der Waals surface area contributed by atoms with E-state index in [1.165, 1.54) is 19.3 Å². The van der Waals surface area contributed by atoms with Crippen molar-refractivity contribution in [2.75, 3.05) is 6.61 Å². The van der Waals surface area contributed by atoms with Gasteiger partial charge in [-0.2, -0.15) is 0 Å². The van der Waals surface area contributed by atoms with Gasteiger partial charge in [0.05, 0.1) is 6.61 Å². The van der Waals surface area contributed by atoms with E-state index in [2.05, 4.69) is 26.1 Å². The molecule has 0 saturated heterocycles. The number of ether oxygens (including phenoxy) is 1. The van der Waals surface area contributed by atoms with Crippen molar-refractivity contribution < 1.29 is 9.53 Å². The van der Waals surface area contributed by atoms with E-state index < -0.39 is 0 Å². The van der Waals surface area contributed by atoms with E-state index in [0.29, 0.717) is 18.1 Å². The van der Waals surface area contributed by atoms with Crippen LogP contribution >= 0.6 is 0 Å². The third-order valence-electron chi connectivity index (χ3n) is 4.50. The number of carbonyl (C=O) groups is 1. The summed E-state index contributed by atoms with van der Waals surface area (Å²) in [6.45, 7) is 9.52. The molecule has 3 nitrogen and oxygen atoms in total. The average molecular weight is 255 g/mol. The van der Waals surface area contributed by atoms with Crippen LogP contribution < -0.4 is 5.32 Å². The van der Waals surface area contributed by atoms with Gasteiger partial charge in [0.1, 0.15) is 0 Å². The molecule has 0 radical (unpaired) electrons. The van der Waals surface area contributed by atoms with Gasteiger partial charge < -0.3 is 10.1 Å². The summed E-state index contributed by atoms with van der Waals surface area (Å²) in [4.78, 5) is 11.5. The number of rotatable bonds is 5. The molecule has 1 saturated carbocycles. The Morgan fingerprint density at radius 3 is 2.33 bits per heavy atom. The fourth-order valence-corrected chi connectivity index (χ4v) is 2.71. The van der Waals surface area contributed by atoms with Gasteiger partial charge in [0.25, 0.3) is 0 Å². The highest BCUT2D eigenvalue weighted by molar-refractivity contribution is 5.67. The van der Waals surface area contributed by atoms with E-state index in [0.717, 1.165) is 25.2 Å². The maximum absolute atomic E-state index is 11.5. The molecule has 1 aliphatic rings. The molecule has 106 valence electrons. The first-order chi connectivity index (χ1) is 8.49. The maximum atomic E-state index is 11.5. The molecule has 0 aromatic carbocycles. The summed E-state index contributed by atoms with van der Waals surface area (Å²) in [7, 11) is 0. The first-order valence-corrected chi connectivity index (χ1v) is 7.43. The number of nitrogens with one attached hydrogen (secondary N) is 1. The van der Waals surface area contributed by atoms with E-state index in [9.17, 15) is 4.79 Å². The minimum Gasteiger partial charge on any atom is -0.450 e. The fourth-order valence-electron chi connectivity index (χ4n) is 2.71. The molecule has 0 aliphatic heterocycles. The molecule has 0 spiro atoms. The van der Waals surface area contributed by atoms with Gasteiger partial charge in [-0.05, 0) is 43.4 Å². The third-order valence-corrected chi connectivity index (χ3v) is 4.50. The zero-order valence-corrected chi connectivity index (χ0v) is 12.4. The molecule has 1 aliphatic carbocycles. The SMILES string of the molecule is CCCOC(=O)NC1CCC(C(C)(C)CC)CC1. The van der Waals surface area contributed by atoms with E-state index in [1.54, 1.807) is 0 Å². The Morgan fingerprint density at radius 2 is 1.83 bits per heavy atom. The number of alkyl carbamates (subject to hydrolysis) is 1. The van der Waals surface area contributed by atoms with Gasteiger partial charge in [0.15, 0.2) is 0 Å². The highest BCUT2D eigenvalue weighted by Crippen LogP contribution is 2.40. The van der Waals surface area contributed by atoms with E-state index in [4.69, 9.17) is 4.74 Å². The first-order valence-electron chi connectivity index (χ1n) is 7.43. The van der Waals surface area contributed by atoms with Crippen molar-refractivity contribution in [3.05, 3.63) is 0 Å². The minimum atomic E-state index is -0.241. The minimum absolute atomic E-state index is 0.241. The lowest BCUT2D eigenvalue weighted by Crippen LogP contribution is -2.40. The monoisotopic (exact) mass is 255 g/mol. The molecule has 3 heteroatoms. The van der Waals surface area contributed by atoms with Crippen LogP contribution in [0, 0.1) is 11.3 Å². The van der Waals surface area contributed by atoms with Gasteiger partial charge in [-0.3, -0.25) is 0 Å². The zero-order valence-electron chi connectivity index (χ0n) is 12.4. The van der Waals surface area contributed by atoms with Crippen LogP contribution in [-0.2, 0) is 4.74 Å². The lowest BCUT2D eigenvalue weighted by atomic mass is 9.69. The summed E-state index contributed by atoms with van der Waals surface area (Å²) in [5.74, 6) is 0.798. The second kappa shape index (κ2) is 7.01. The predicted octanol–water partition coefficient (Wildman–Crippen LogP) is 4.12. The molecule has 0 atom stereocenters. The van der Waals surface area contributed by atoms with Crippen molar-refractivity contribution in [3.63, 3.8) is 0 Å². The quantitative estimate of drug-likeness (QED) is 0.802. The highest BCUT2D eigenvalue weighted by atomic mass is 16.5. The Morgan fingerprint density at radius 1 is 1.22 bits per heavy atom. The highest BCUT2D eigenvalue weighted by Gasteiger charge is 2.32. The Kier molecular flexibility index (Phi) is 5.97. The molecule has 0 bridgehead atoms. The molecule has 1 amide bonds. The summed E-state index contributed by atoms with van der Waals surface area (Å²) < 4.78 is 5.06. The van der Waals surface area contributed by atoms with Crippen LogP contribution in [0.1, 0.15) is 66.2 Å². The standard InChI is InChI=1S/C15H29NO2/c1-5-11-18-14(17)16-13-9-7-12(8-10-13)15(3,4)6-2/h12-13H,5-11H2,1-4H3,(H,16,17). The first kappa shape index (κ1) is 15.3. The molecular weight excluding hydrogens is 226 g/mol. The number of hydrogen-bond acceptors (Lipinski definition) is 2. The molecule has 1 N–H and O–H groups in total. The van der Waals surface area contributed by atoms with Gasteiger partial charge >= 0.3 is 6.09 Å². The van der Waals surface area contributed by atoms with Crippen LogP contribution in [0.15, 0.2) is 0 Å². The van der Waals surface area contributed by atoms with Crippen molar-refractivity contribution in [2.45, 2.75) is 72.3 Å². The Bertz CT molecular complexity index is 255. The van der Waals surface area contributed by atoms with Gasteiger partial charge in [0, 0.05) is 6.04 Å². The lowest BCUT2D eigenvalue weighted by Gasteiger charge is -2.38. The van der Waals surface area contributed by atoms with E-state index >= 15 is 0 Å². The molecule has 1 fully saturated rings. The van der Waals surface area contributed by atoms with Gasteiger partial charge in [-0.15, -0.1) is 0 Å². The normalized spacial score (nSPS) is 24.7. The summed E-state index contributed by atoms with van der Waals surface area (Å²) in [5.41, 5.74) is 0.438. The van der Waals surface area contributed by atoms with Crippen LogP contribution in [0.5, 0.6) is 0 Å². The molecule has 1 rings (SSSR count). The van der Waals surface area contributed by atoms with E-state index in [-0.39, 0.29) is 6.09 Å². The topological polar surface area (TPSA) is 38.3 Å². The van der Waals surface area contributed by atoms with Crippen LogP contribution in [0.25, 0.3) is 0 Å². The maximum Gasteiger partial charge on any atom is 0.407 e. The van der Waals surface area contributed by atoms with Crippen molar-refractivity contribution in [1.82, 2.24) is 5.32 Å². The molecule has 18 heavy (non-hydrogen) atoms. The fraction of sp³-hybridized carbons (Fsp3) is 0.933. The van der Waals surface area contributed by atoms with Crippen LogP contribution in [0.2, 0.25) is 0 Å². The Hall–Kier alpha value is -0.730. The largest absolute Gasteiger partial charge is 0.450 e. The number of amides is 1. The molecule has 0 aromatic rings. The number of hydrogen-bond donors (Lipinski definition) is 1. The van der Waals surface area contributed by atoms with Gasteiger partial charge in [0.2, 0.25) is 0 Å².